The fraction of sp³-hybridized carbons (Fsp3) is 0.0667. The maximum Gasteiger partial charge on any atom is 0.330 e. The first-order chi connectivity index (χ1) is 10.1. The highest BCUT2D eigenvalue weighted by molar-refractivity contribution is 7.17. The zero-order chi connectivity index (χ0) is 15.2. The number of rotatable bonds is 5. The molecule has 2 aromatic rings. The molecule has 0 radical (unpaired) electrons. The average Bonchev–Trinajstić information content (AvgIpc) is 2.89. The Kier molecular flexibility index (Phi) is 5.14. The molecule has 1 aromatic heterocycles. The lowest BCUT2D eigenvalue weighted by Gasteiger charge is -2.13. The molecular formula is C15H12ClNO3S. The highest BCUT2D eigenvalue weighted by Crippen LogP contribution is 2.22. The first-order valence-corrected chi connectivity index (χ1v) is 7.27. The summed E-state index contributed by atoms with van der Waals surface area (Å²) >= 11 is 7.12. The molecule has 2 N–H and O–H groups in total. The molecule has 0 spiro atoms. The van der Waals surface area contributed by atoms with E-state index in [1.807, 2.05) is 0 Å². The van der Waals surface area contributed by atoms with Crippen LogP contribution in [0.3, 0.4) is 0 Å². The maximum atomic E-state index is 11.8. The molecule has 1 heterocycles. The second-order valence-corrected chi connectivity index (χ2v) is 5.91. The van der Waals surface area contributed by atoms with Gasteiger partial charge in [-0.3, -0.25) is 4.79 Å². The Bertz CT molecular complexity index is 667. The third-order valence-corrected chi connectivity index (χ3v) is 3.86. The van der Waals surface area contributed by atoms with E-state index >= 15 is 0 Å². The van der Waals surface area contributed by atoms with E-state index in [9.17, 15) is 14.7 Å². The minimum atomic E-state index is -1.11. The van der Waals surface area contributed by atoms with E-state index in [2.05, 4.69) is 5.32 Å². The molecule has 21 heavy (non-hydrogen) atoms. The summed E-state index contributed by atoms with van der Waals surface area (Å²) in [5, 5.41) is 11.7. The van der Waals surface area contributed by atoms with Crippen LogP contribution in [-0.2, 0) is 9.59 Å². The van der Waals surface area contributed by atoms with Crippen LogP contribution in [-0.4, -0.2) is 17.0 Å². The van der Waals surface area contributed by atoms with E-state index < -0.39 is 17.9 Å². The van der Waals surface area contributed by atoms with Gasteiger partial charge in [0, 0.05) is 11.0 Å². The molecule has 6 heteroatoms. The van der Waals surface area contributed by atoms with Gasteiger partial charge in [-0.25, -0.2) is 4.79 Å². The van der Waals surface area contributed by atoms with Crippen molar-refractivity contribution in [3.05, 3.63) is 63.3 Å². The number of hydrogen-bond donors (Lipinski definition) is 2. The number of carboxylic acids is 1. The van der Waals surface area contributed by atoms with Crippen LogP contribution >= 0.6 is 22.9 Å². The van der Waals surface area contributed by atoms with Crippen LogP contribution in [0.4, 0.5) is 0 Å². The molecule has 0 bridgehead atoms. The first-order valence-electron chi connectivity index (χ1n) is 6.08. The highest BCUT2D eigenvalue weighted by Gasteiger charge is 2.20. The fourth-order valence-electron chi connectivity index (χ4n) is 1.70. The van der Waals surface area contributed by atoms with Crippen LogP contribution in [0.1, 0.15) is 16.5 Å². The first kappa shape index (κ1) is 15.3. The lowest BCUT2D eigenvalue weighted by Crippen LogP contribution is -2.32. The number of amides is 1. The number of carbonyl (C=O) groups excluding carboxylic acids is 1. The van der Waals surface area contributed by atoms with Crippen molar-refractivity contribution in [2.24, 2.45) is 0 Å². The second kappa shape index (κ2) is 7.06. The Morgan fingerprint density at radius 3 is 2.48 bits per heavy atom. The summed E-state index contributed by atoms with van der Waals surface area (Å²) in [5.41, 5.74) is 0.519. The lowest BCUT2D eigenvalue weighted by atomic mass is 10.1. The number of hydrogen-bond acceptors (Lipinski definition) is 3. The van der Waals surface area contributed by atoms with E-state index in [0.29, 0.717) is 9.90 Å². The number of benzene rings is 1. The zero-order valence-electron chi connectivity index (χ0n) is 10.8. The third kappa shape index (κ3) is 4.44. The predicted octanol–water partition coefficient (Wildman–Crippen LogP) is 3.36. The van der Waals surface area contributed by atoms with Crippen LogP contribution in [0.25, 0.3) is 6.08 Å². The summed E-state index contributed by atoms with van der Waals surface area (Å²) in [6.07, 6.45) is 2.89. The maximum absolute atomic E-state index is 11.8. The summed E-state index contributed by atoms with van der Waals surface area (Å²) in [6, 6.07) is 11.0. The van der Waals surface area contributed by atoms with Gasteiger partial charge in [-0.1, -0.05) is 41.9 Å². The molecule has 2 rings (SSSR count). The fourth-order valence-corrected chi connectivity index (χ4v) is 2.66. The predicted molar refractivity (Wildman–Crippen MR) is 83.3 cm³/mol. The van der Waals surface area contributed by atoms with Gasteiger partial charge in [0.2, 0.25) is 5.91 Å². The topological polar surface area (TPSA) is 66.4 Å². The van der Waals surface area contributed by atoms with Crippen molar-refractivity contribution in [3.63, 3.8) is 0 Å². The number of aliphatic carboxylic acids is 1. The van der Waals surface area contributed by atoms with Crippen molar-refractivity contribution < 1.29 is 14.7 Å². The molecule has 1 atom stereocenters. The van der Waals surface area contributed by atoms with Gasteiger partial charge in [0.1, 0.15) is 0 Å². The van der Waals surface area contributed by atoms with Crippen molar-refractivity contribution in [1.29, 1.82) is 0 Å². The van der Waals surface area contributed by atoms with Crippen molar-refractivity contribution >= 4 is 40.9 Å². The van der Waals surface area contributed by atoms with E-state index in [4.69, 9.17) is 11.6 Å². The van der Waals surface area contributed by atoms with E-state index in [-0.39, 0.29) is 0 Å². The second-order valence-electron chi connectivity index (χ2n) is 4.17. The van der Waals surface area contributed by atoms with Crippen LogP contribution < -0.4 is 5.32 Å². The van der Waals surface area contributed by atoms with Gasteiger partial charge < -0.3 is 10.4 Å². The van der Waals surface area contributed by atoms with Crippen LogP contribution in [0.2, 0.25) is 4.34 Å². The third-order valence-electron chi connectivity index (χ3n) is 2.66. The molecule has 0 aliphatic rings. The van der Waals surface area contributed by atoms with Crippen molar-refractivity contribution in [1.82, 2.24) is 5.32 Å². The van der Waals surface area contributed by atoms with E-state index in [1.165, 1.54) is 17.4 Å². The number of carboxylic acid groups (broad SMARTS) is 1. The molecule has 1 amide bonds. The number of thiophene rings is 1. The SMILES string of the molecule is O=C(/C=C/c1ccc(Cl)s1)N[C@@H](C(=O)O)c1ccccc1. The Hall–Kier alpha value is -2.11. The van der Waals surface area contributed by atoms with Gasteiger partial charge in [-0.2, -0.15) is 0 Å². The van der Waals surface area contributed by atoms with Gasteiger partial charge >= 0.3 is 5.97 Å². The smallest absolute Gasteiger partial charge is 0.330 e. The van der Waals surface area contributed by atoms with Crippen LogP contribution in [0, 0.1) is 0 Å². The molecule has 0 saturated heterocycles. The molecule has 1 aromatic carbocycles. The summed E-state index contributed by atoms with van der Waals surface area (Å²) in [4.78, 5) is 23.9. The Balaban J connectivity index is 2.05. The van der Waals surface area contributed by atoms with Crippen LogP contribution in [0.5, 0.6) is 0 Å². The van der Waals surface area contributed by atoms with Gasteiger partial charge in [0.25, 0.3) is 0 Å². The largest absolute Gasteiger partial charge is 0.479 e. The molecule has 0 fully saturated rings. The normalized spacial score (nSPS) is 12.2. The van der Waals surface area contributed by atoms with Crippen molar-refractivity contribution in [3.8, 4) is 0 Å². The Morgan fingerprint density at radius 1 is 1.19 bits per heavy atom. The standard InChI is InChI=1S/C15H12ClNO3S/c16-12-8-6-11(21-12)7-9-13(18)17-14(15(19)20)10-4-2-1-3-5-10/h1-9,14H,(H,17,18)(H,19,20)/b9-7+/t14-/m1/s1. The van der Waals surface area contributed by atoms with E-state index in [0.717, 1.165) is 4.88 Å². The quantitative estimate of drug-likeness (QED) is 0.830. The van der Waals surface area contributed by atoms with Gasteiger partial charge in [0.15, 0.2) is 6.04 Å². The van der Waals surface area contributed by atoms with Crippen molar-refractivity contribution in [2.45, 2.75) is 6.04 Å². The molecule has 0 aliphatic heterocycles. The summed E-state index contributed by atoms with van der Waals surface area (Å²) < 4.78 is 0.628. The molecule has 0 unspecified atom stereocenters. The summed E-state index contributed by atoms with van der Waals surface area (Å²) in [6.45, 7) is 0. The molecule has 4 nitrogen and oxygen atoms in total. The van der Waals surface area contributed by atoms with Gasteiger partial charge in [-0.05, 0) is 23.8 Å². The zero-order valence-corrected chi connectivity index (χ0v) is 12.4. The molecule has 108 valence electrons. The van der Waals surface area contributed by atoms with Gasteiger partial charge in [-0.15, -0.1) is 11.3 Å². The van der Waals surface area contributed by atoms with Crippen molar-refractivity contribution in [2.75, 3.05) is 0 Å². The number of carbonyl (C=O) groups is 2. The number of nitrogens with one attached hydrogen (secondary N) is 1. The minimum Gasteiger partial charge on any atom is -0.479 e. The van der Waals surface area contributed by atoms with E-state index in [1.54, 1.807) is 48.5 Å². The summed E-state index contributed by atoms with van der Waals surface area (Å²) in [7, 11) is 0. The molecule has 0 aliphatic carbocycles. The Morgan fingerprint density at radius 2 is 1.90 bits per heavy atom. The lowest BCUT2D eigenvalue weighted by molar-refractivity contribution is -0.141. The Labute approximate surface area is 130 Å². The van der Waals surface area contributed by atoms with Gasteiger partial charge in [0.05, 0.1) is 4.34 Å². The minimum absolute atomic E-state index is 0.476. The average molecular weight is 322 g/mol. The molecular weight excluding hydrogens is 310 g/mol. The highest BCUT2D eigenvalue weighted by atomic mass is 35.5. The monoisotopic (exact) mass is 321 g/mol. The van der Waals surface area contributed by atoms with Crippen LogP contribution in [0.15, 0.2) is 48.5 Å². The number of halogens is 1. The summed E-state index contributed by atoms with van der Waals surface area (Å²) in [5.74, 6) is -1.59. The molecule has 0 saturated carbocycles.